The van der Waals surface area contributed by atoms with Crippen molar-refractivity contribution in [3.05, 3.63) is 29.8 Å². The molecule has 8 nitrogen and oxygen atoms in total. The van der Waals surface area contributed by atoms with Crippen LogP contribution in [0.2, 0.25) is 0 Å². The Morgan fingerprint density at radius 2 is 1.96 bits per heavy atom. The summed E-state index contributed by atoms with van der Waals surface area (Å²) in [6.45, 7) is 0.860. The number of hydrogen-bond donors (Lipinski definition) is 2. The summed E-state index contributed by atoms with van der Waals surface area (Å²) in [5.41, 5.74) is 0.915. The Morgan fingerprint density at radius 1 is 1.24 bits per heavy atom. The Hall–Kier alpha value is -2.55. The largest absolute Gasteiger partial charge is 0.468 e. The third-order valence-electron chi connectivity index (χ3n) is 3.51. The first-order chi connectivity index (χ1) is 12.0. The van der Waals surface area contributed by atoms with E-state index in [1.54, 1.807) is 29.2 Å². The summed E-state index contributed by atoms with van der Waals surface area (Å²) in [7, 11) is 1.24. The maximum Gasteiger partial charge on any atom is 0.325 e. The molecule has 1 aromatic carbocycles. The Morgan fingerprint density at radius 3 is 2.56 bits per heavy atom. The Bertz CT molecular complexity index is 662. The maximum atomic E-state index is 11.9. The van der Waals surface area contributed by atoms with Gasteiger partial charge in [-0.15, -0.1) is 0 Å². The molecule has 0 bridgehead atoms. The third kappa shape index (κ3) is 5.79. The number of nitrogens with one attached hydrogen (secondary N) is 2. The molecule has 3 amide bonds. The van der Waals surface area contributed by atoms with E-state index in [1.165, 1.54) is 18.9 Å². The summed E-state index contributed by atoms with van der Waals surface area (Å²) in [6.07, 6.45) is 0.216. The zero-order valence-corrected chi connectivity index (χ0v) is 14.6. The van der Waals surface area contributed by atoms with Crippen molar-refractivity contribution in [2.45, 2.75) is 6.42 Å². The Labute approximate surface area is 149 Å². The molecule has 2 N–H and O–H groups in total. The van der Waals surface area contributed by atoms with Crippen molar-refractivity contribution in [3.8, 4) is 0 Å². The van der Waals surface area contributed by atoms with Gasteiger partial charge in [0.05, 0.1) is 7.11 Å². The molecule has 0 spiro atoms. The van der Waals surface area contributed by atoms with Gasteiger partial charge >= 0.3 is 5.97 Å². The van der Waals surface area contributed by atoms with Gasteiger partial charge in [-0.3, -0.25) is 19.2 Å². The zero-order chi connectivity index (χ0) is 18.2. The Kier molecular flexibility index (Phi) is 6.81. The van der Waals surface area contributed by atoms with Crippen LogP contribution >= 0.6 is 11.8 Å². The van der Waals surface area contributed by atoms with Gasteiger partial charge in [0.25, 0.3) is 11.1 Å². The summed E-state index contributed by atoms with van der Waals surface area (Å²) in [6, 6.07) is 6.29. The van der Waals surface area contributed by atoms with E-state index in [9.17, 15) is 19.2 Å². The molecular formula is C16H19N3O5S. The fourth-order valence-corrected chi connectivity index (χ4v) is 2.97. The highest BCUT2D eigenvalue weighted by atomic mass is 32.2. The fraction of sp³-hybridized carbons (Fsp3) is 0.375. The monoisotopic (exact) mass is 365 g/mol. The molecule has 0 atom stereocenters. The molecule has 2 rings (SSSR count). The number of benzene rings is 1. The molecule has 1 heterocycles. The van der Waals surface area contributed by atoms with Crippen molar-refractivity contribution < 1.29 is 23.9 Å². The second kappa shape index (κ2) is 9.07. The molecule has 9 heteroatoms. The van der Waals surface area contributed by atoms with Crippen LogP contribution in [0, 0.1) is 0 Å². The smallest absolute Gasteiger partial charge is 0.325 e. The first-order valence-corrected chi connectivity index (χ1v) is 8.65. The van der Waals surface area contributed by atoms with Crippen LogP contribution in [0.15, 0.2) is 24.3 Å². The van der Waals surface area contributed by atoms with Crippen molar-refractivity contribution in [1.29, 1.82) is 0 Å². The van der Waals surface area contributed by atoms with Gasteiger partial charge in [-0.25, -0.2) is 0 Å². The second-order valence-electron chi connectivity index (χ2n) is 5.24. The van der Waals surface area contributed by atoms with Crippen molar-refractivity contribution in [2.24, 2.45) is 0 Å². The lowest BCUT2D eigenvalue weighted by Gasteiger charge is -2.14. The highest BCUT2D eigenvalue weighted by molar-refractivity contribution is 8.13. The van der Waals surface area contributed by atoms with Crippen LogP contribution in [-0.4, -0.2) is 60.4 Å². The van der Waals surface area contributed by atoms with E-state index >= 15 is 0 Å². The predicted molar refractivity (Wildman–Crippen MR) is 93.5 cm³/mol. The molecule has 0 aromatic heterocycles. The minimum Gasteiger partial charge on any atom is -0.468 e. The summed E-state index contributed by atoms with van der Waals surface area (Å²) in [5.74, 6) is -0.381. The van der Waals surface area contributed by atoms with E-state index < -0.39 is 11.9 Å². The number of esters is 1. The maximum absolute atomic E-state index is 11.9. The molecule has 25 heavy (non-hydrogen) atoms. The van der Waals surface area contributed by atoms with E-state index in [0.717, 1.165) is 5.75 Å². The molecule has 0 saturated carbocycles. The summed E-state index contributed by atoms with van der Waals surface area (Å²) in [5, 5.41) is 5.15. The van der Waals surface area contributed by atoms with Crippen LogP contribution < -0.4 is 10.6 Å². The van der Waals surface area contributed by atoms with Crippen LogP contribution in [0.25, 0.3) is 0 Å². The molecule has 0 radical (unpaired) electrons. The number of nitrogens with zero attached hydrogens (tertiary/aromatic N) is 1. The quantitative estimate of drug-likeness (QED) is 0.701. The van der Waals surface area contributed by atoms with E-state index in [2.05, 4.69) is 15.4 Å². The number of carbonyl (C=O) groups is 4. The van der Waals surface area contributed by atoms with Gasteiger partial charge in [0.1, 0.15) is 6.54 Å². The summed E-state index contributed by atoms with van der Waals surface area (Å²) >= 11 is 1.26. The van der Waals surface area contributed by atoms with Gasteiger partial charge in [-0.1, -0.05) is 11.8 Å². The Balaban J connectivity index is 1.79. The van der Waals surface area contributed by atoms with Crippen LogP contribution in [0.3, 0.4) is 0 Å². The molecule has 0 aliphatic carbocycles. The number of amides is 3. The standard InChI is InChI=1S/C16H19N3O5S/c1-24-14(21)10-17-15(22)11-2-4-12(5-3-11)18-13(20)6-7-19-8-9-25-16(19)23/h2-5H,6-10H2,1H3,(H,17,22)(H,18,20). The van der Waals surface area contributed by atoms with Crippen LogP contribution in [0.5, 0.6) is 0 Å². The number of rotatable bonds is 7. The van der Waals surface area contributed by atoms with Gasteiger partial charge in [0.15, 0.2) is 0 Å². The molecular weight excluding hydrogens is 346 g/mol. The molecule has 1 aromatic rings. The number of carbonyl (C=O) groups excluding carboxylic acids is 4. The second-order valence-corrected chi connectivity index (χ2v) is 6.28. The fourth-order valence-electron chi connectivity index (χ4n) is 2.12. The lowest BCUT2D eigenvalue weighted by molar-refractivity contribution is -0.139. The number of methoxy groups -OCH3 is 1. The molecule has 1 aliphatic rings. The first-order valence-electron chi connectivity index (χ1n) is 7.66. The third-order valence-corrected chi connectivity index (χ3v) is 4.40. The van der Waals surface area contributed by atoms with Crippen molar-refractivity contribution >= 4 is 40.5 Å². The SMILES string of the molecule is COC(=O)CNC(=O)c1ccc(NC(=O)CCN2CCSC2=O)cc1. The van der Waals surface area contributed by atoms with Gasteiger partial charge in [0.2, 0.25) is 5.91 Å². The average molecular weight is 365 g/mol. The highest BCUT2D eigenvalue weighted by Gasteiger charge is 2.21. The molecule has 134 valence electrons. The molecule has 1 fully saturated rings. The predicted octanol–water partition coefficient (Wildman–Crippen LogP) is 1.09. The normalized spacial score (nSPS) is 13.5. The minimum atomic E-state index is -0.535. The summed E-state index contributed by atoms with van der Waals surface area (Å²) in [4.78, 5) is 47.8. The first kappa shape index (κ1) is 18.8. The van der Waals surface area contributed by atoms with E-state index in [-0.39, 0.29) is 24.1 Å². The minimum absolute atomic E-state index is 0.00937. The highest BCUT2D eigenvalue weighted by Crippen LogP contribution is 2.17. The van der Waals surface area contributed by atoms with Crippen molar-refractivity contribution in [1.82, 2.24) is 10.2 Å². The van der Waals surface area contributed by atoms with Crippen molar-refractivity contribution in [3.63, 3.8) is 0 Å². The molecule has 1 saturated heterocycles. The van der Waals surface area contributed by atoms with E-state index in [4.69, 9.17) is 0 Å². The van der Waals surface area contributed by atoms with Gasteiger partial charge in [-0.05, 0) is 24.3 Å². The van der Waals surface area contributed by atoms with Gasteiger partial charge < -0.3 is 20.3 Å². The summed E-state index contributed by atoms with van der Waals surface area (Å²) < 4.78 is 4.44. The van der Waals surface area contributed by atoms with E-state index in [1.807, 2.05) is 0 Å². The topological polar surface area (TPSA) is 105 Å². The number of thioether (sulfide) groups is 1. The van der Waals surface area contributed by atoms with Crippen molar-refractivity contribution in [2.75, 3.05) is 37.8 Å². The van der Waals surface area contributed by atoms with Crippen LogP contribution in [0.1, 0.15) is 16.8 Å². The van der Waals surface area contributed by atoms with Crippen LogP contribution in [-0.2, 0) is 14.3 Å². The number of ether oxygens (including phenoxy) is 1. The van der Waals surface area contributed by atoms with Gasteiger partial charge in [0, 0.05) is 36.5 Å². The van der Waals surface area contributed by atoms with Gasteiger partial charge in [-0.2, -0.15) is 0 Å². The lowest BCUT2D eigenvalue weighted by Crippen LogP contribution is -2.30. The van der Waals surface area contributed by atoms with Crippen LogP contribution in [0.4, 0.5) is 10.5 Å². The average Bonchev–Trinajstić information content (AvgIpc) is 3.03. The lowest BCUT2D eigenvalue weighted by atomic mass is 10.2. The molecule has 0 unspecified atom stereocenters. The number of anilines is 1. The molecule has 1 aliphatic heterocycles. The van der Waals surface area contributed by atoms with E-state index in [0.29, 0.717) is 24.3 Å². The number of hydrogen-bond acceptors (Lipinski definition) is 6. The zero-order valence-electron chi connectivity index (χ0n) is 13.7.